The van der Waals surface area contributed by atoms with E-state index in [-0.39, 0.29) is 0 Å². The van der Waals surface area contributed by atoms with Gasteiger partial charge in [-0.2, -0.15) is 5.10 Å². The molecule has 3 heteroatoms. The number of nitrogens with zero attached hydrogens (tertiary/aromatic N) is 2. The summed E-state index contributed by atoms with van der Waals surface area (Å²) in [6.45, 7) is 7.53. The van der Waals surface area contributed by atoms with Crippen molar-refractivity contribution in [1.29, 1.82) is 0 Å². The van der Waals surface area contributed by atoms with Crippen LogP contribution in [0.1, 0.15) is 31.5 Å². The van der Waals surface area contributed by atoms with Crippen molar-refractivity contribution in [3.63, 3.8) is 0 Å². The predicted molar refractivity (Wildman–Crippen MR) is 59.4 cm³/mol. The van der Waals surface area contributed by atoms with E-state index in [9.17, 15) is 0 Å². The maximum absolute atomic E-state index is 4.32. The first-order valence-corrected chi connectivity index (χ1v) is 5.36. The quantitative estimate of drug-likeness (QED) is 0.774. The predicted octanol–water partition coefficient (Wildman–Crippen LogP) is 1.66. The summed E-state index contributed by atoms with van der Waals surface area (Å²) in [7, 11) is 1.97. The van der Waals surface area contributed by atoms with Gasteiger partial charge >= 0.3 is 0 Å². The van der Waals surface area contributed by atoms with Crippen molar-refractivity contribution < 1.29 is 0 Å². The minimum absolute atomic E-state index is 0.618. The molecule has 1 aromatic rings. The van der Waals surface area contributed by atoms with E-state index in [1.54, 1.807) is 0 Å². The van der Waals surface area contributed by atoms with Crippen LogP contribution in [0.25, 0.3) is 0 Å². The Morgan fingerprint density at radius 3 is 2.79 bits per heavy atom. The van der Waals surface area contributed by atoms with Crippen LogP contribution in [0.4, 0.5) is 0 Å². The Bertz CT molecular complexity index is 278. The van der Waals surface area contributed by atoms with Crippen molar-refractivity contribution in [3.05, 3.63) is 17.5 Å². The highest BCUT2D eigenvalue weighted by Crippen LogP contribution is 2.04. The van der Waals surface area contributed by atoms with Crippen LogP contribution in [0, 0.1) is 6.92 Å². The summed E-state index contributed by atoms with van der Waals surface area (Å²) in [6, 6.07) is 0.618. The third kappa shape index (κ3) is 3.14. The van der Waals surface area contributed by atoms with Crippen molar-refractivity contribution in [1.82, 2.24) is 15.1 Å². The highest BCUT2D eigenvalue weighted by molar-refractivity contribution is 5.15. The monoisotopic (exact) mass is 195 g/mol. The lowest BCUT2D eigenvalue weighted by molar-refractivity contribution is 0.537. The molecule has 14 heavy (non-hydrogen) atoms. The van der Waals surface area contributed by atoms with E-state index in [1.165, 1.54) is 12.0 Å². The van der Waals surface area contributed by atoms with Crippen molar-refractivity contribution in [2.45, 2.75) is 39.7 Å². The van der Waals surface area contributed by atoms with E-state index in [1.807, 2.05) is 11.7 Å². The third-order valence-electron chi connectivity index (χ3n) is 2.61. The number of hydrogen-bond donors (Lipinski definition) is 1. The van der Waals surface area contributed by atoms with Gasteiger partial charge < -0.3 is 5.32 Å². The fraction of sp³-hybridized carbons (Fsp3) is 0.727. The highest BCUT2D eigenvalue weighted by Gasteiger charge is 2.03. The molecule has 0 saturated heterocycles. The van der Waals surface area contributed by atoms with E-state index in [0.29, 0.717) is 6.04 Å². The maximum Gasteiger partial charge on any atom is 0.0626 e. The molecular formula is C11H21N3. The number of aryl methyl sites for hydroxylation is 2. The zero-order valence-electron chi connectivity index (χ0n) is 9.67. The van der Waals surface area contributed by atoms with Gasteiger partial charge in [0.25, 0.3) is 0 Å². The van der Waals surface area contributed by atoms with Gasteiger partial charge in [0.1, 0.15) is 0 Å². The lowest BCUT2D eigenvalue weighted by Crippen LogP contribution is -2.27. The van der Waals surface area contributed by atoms with E-state index >= 15 is 0 Å². The average molecular weight is 195 g/mol. The molecule has 80 valence electrons. The number of nitrogens with one attached hydrogen (secondary N) is 1. The molecule has 0 aliphatic heterocycles. The summed E-state index contributed by atoms with van der Waals surface area (Å²) in [5, 5.41) is 7.80. The molecule has 1 rings (SSSR count). The second-order valence-corrected chi connectivity index (χ2v) is 3.93. The lowest BCUT2D eigenvalue weighted by Gasteiger charge is -2.10. The van der Waals surface area contributed by atoms with E-state index < -0.39 is 0 Å². The van der Waals surface area contributed by atoms with Gasteiger partial charge in [0.2, 0.25) is 0 Å². The summed E-state index contributed by atoms with van der Waals surface area (Å²) in [4.78, 5) is 0. The second kappa shape index (κ2) is 5.15. The molecule has 0 saturated carbocycles. The summed E-state index contributed by atoms with van der Waals surface area (Å²) in [6.07, 6.45) is 4.36. The van der Waals surface area contributed by atoms with E-state index in [0.717, 1.165) is 18.7 Å². The molecule has 1 N–H and O–H groups in total. The molecule has 1 aromatic heterocycles. The van der Waals surface area contributed by atoms with Crippen LogP contribution in [-0.2, 0) is 13.5 Å². The normalized spacial score (nSPS) is 13.1. The lowest BCUT2D eigenvalue weighted by atomic mass is 10.2. The van der Waals surface area contributed by atoms with Gasteiger partial charge in [-0.1, -0.05) is 6.92 Å². The fourth-order valence-corrected chi connectivity index (χ4v) is 1.49. The number of aromatic nitrogens is 2. The molecule has 0 aromatic carbocycles. The highest BCUT2D eigenvalue weighted by atomic mass is 15.2. The Balaban J connectivity index is 2.34. The maximum atomic E-state index is 4.32. The first-order valence-electron chi connectivity index (χ1n) is 5.36. The summed E-state index contributed by atoms with van der Waals surface area (Å²) >= 11 is 0. The zero-order chi connectivity index (χ0) is 10.6. The van der Waals surface area contributed by atoms with Crippen molar-refractivity contribution in [2.24, 2.45) is 7.05 Å². The standard InChI is InChI=1S/C11H21N3/c1-5-9(2)12-7-6-11-8-14(4)13-10(11)3/h8-9,12H,5-7H2,1-4H3. The molecule has 1 atom stereocenters. The Kier molecular flexibility index (Phi) is 4.14. The van der Waals surface area contributed by atoms with Crippen molar-refractivity contribution in [3.8, 4) is 0 Å². The Morgan fingerprint density at radius 1 is 1.57 bits per heavy atom. The van der Waals surface area contributed by atoms with Gasteiger partial charge in [-0.15, -0.1) is 0 Å². The Morgan fingerprint density at radius 2 is 2.29 bits per heavy atom. The van der Waals surface area contributed by atoms with Crippen LogP contribution in [0.3, 0.4) is 0 Å². The second-order valence-electron chi connectivity index (χ2n) is 3.93. The van der Waals surface area contributed by atoms with Crippen LogP contribution < -0.4 is 5.32 Å². The van der Waals surface area contributed by atoms with Crippen LogP contribution in [-0.4, -0.2) is 22.4 Å². The minimum atomic E-state index is 0.618. The SMILES string of the molecule is CCC(C)NCCc1cn(C)nc1C. The Hall–Kier alpha value is -0.830. The van der Waals surface area contributed by atoms with E-state index in [4.69, 9.17) is 0 Å². The van der Waals surface area contributed by atoms with E-state index in [2.05, 4.69) is 37.4 Å². The van der Waals surface area contributed by atoms with Gasteiger partial charge in [0, 0.05) is 19.3 Å². The van der Waals surface area contributed by atoms with Crippen LogP contribution in [0.5, 0.6) is 0 Å². The molecule has 0 spiro atoms. The summed E-state index contributed by atoms with van der Waals surface area (Å²) in [5.41, 5.74) is 2.50. The Labute approximate surface area is 86.5 Å². The molecule has 0 radical (unpaired) electrons. The molecule has 0 bridgehead atoms. The summed E-state index contributed by atoms with van der Waals surface area (Å²) < 4.78 is 1.88. The van der Waals surface area contributed by atoms with Gasteiger partial charge in [-0.25, -0.2) is 0 Å². The van der Waals surface area contributed by atoms with Gasteiger partial charge in [-0.05, 0) is 38.8 Å². The van der Waals surface area contributed by atoms with Gasteiger partial charge in [-0.3, -0.25) is 4.68 Å². The smallest absolute Gasteiger partial charge is 0.0626 e. The molecule has 0 amide bonds. The minimum Gasteiger partial charge on any atom is -0.314 e. The number of hydrogen-bond acceptors (Lipinski definition) is 2. The summed E-state index contributed by atoms with van der Waals surface area (Å²) in [5.74, 6) is 0. The number of rotatable bonds is 5. The fourth-order valence-electron chi connectivity index (χ4n) is 1.49. The van der Waals surface area contributed by atoms with Crippen molar-refractivity contribution in [2.75, 3.05) is 6.54 Å². The van der Waals surface area contributed by atoms with Gasteiger partial charge in [0.15, 0.2) is 0 Å². The zero-order valence-corrected chi connectivity index (χ0v) is 9.67. The first kappa shape index (κ1) is 11.2. The van der Waals surface area contributed by atoms with Crippen LogP contribution >= 0.6 is 0 Å². The van der Waals surface area contributed by atoms with Crippen LogP contribution in [0.2, 0.25) is 0 Å². The molecular weight excluding hydrogens is 174 g/mol. The average Bonchev–Trinajstić information content (AvgIpc) is 2.45. The third-order valence-corrected chi connectivity index (χ3v) is 2.61. The topological polar surface area (TPSA) is 29.9 Å². The molecule has 0 fully saturated rings. The molecule has 1 unspecified atom stereocenters. The molecule has 0 aliphatic rings. The molecule has 1 heterocycles. The van der Waals surface area contributed by atoms with Crippen molar-refractivity contribution >= 4 is 0 Å². The first-order chi connectivity index (χ1) is 6.63. The van der Waals surface area contributed by atoms with Crippen LogP contribution in [0.15, 0.2) is 6.20 Å². The molecule has 3 nitrogen and oxygen atoms in total. The van der Waals surface area contributed by atoms with Gasteiger partial charge in [0.05, 0.1) is 5.69 Å². The molecule has 0 aliphatic carbocycles. The largest absolute Gasteiger partial charge is 0.314 e.